The number of aliphatic hydroxyl groups excluding tert-OH is 1. The number of rotatable bonds is 2. The fourth-order valence-corrected chi connectivity index (χ4v) is 0.137. The third-order valence-corrected chi connectivity index (χ3v) is 0.305. The molecule has 8 heavy (non-hydrogen) atoms. The van der Waals surface area contributed by atoms with E-state index in [9.17, 15) is 4.79 Å². The summed E-state index contributed by atoms with van der Waals surface area (Å²) >= 11 is 0. The molecule has 0 radical (unpaired) electrons. The van der Waals surface area contributed by atoms with Gasteiger partial charge in [0.2, 0.25) is 0 Å². The van der Waals surface area contributed by atoms with Gasteiger partial charge in [0.05, 0.1) is 0 Å². The van der Waals surface area contributed by atoms with E-state index in [0.29, 0.717) is 0 Å². The average molecular weight is 120 g/mol. The highest BCUT2D eigenvalue weighted by Crippen LogP contribution is 1.84. The molecule has 0 heterocycles. The second-order valence-corrected chi connectivity index (χ2v) is 1.27. The summed E-state index contributed by atoms with van der Waals surface area (Å²) in [6.07, 6.45) is -1.06. The molecule has 1 unspecified atom stereocenters. The maximum atomic E-state index is 9.89. The Bertz CT molecular complexity index is 78.1. The Labute approximate surface area is 46.9 Å². The minimum atomic E-state index is -1.06. The number of aliphatic hydroxyl groups is 1. The molecule has 0 aromatic carbocycles. The molecule has 1 atom stereocenters. The van der Waals surface area contributed by atoms with E-state index in [0.717, 1.165) is 0 Å². The summed E-state index contributed by atoms with van der Waals surface area (Å²) in [5.41, 5.74) is 0. The molecule has 0 aliphatic heterocycles. The molecule has 0 saturated heterocycles. The van der Waals surface area contributed by atoms with Crippen molar-refractivity contribution in [2.75, 3.05) is 0 Å². The van der Waals surface area contributed by atoms with Gasteiger partial charge in [-0.2, -0.15) is 4.89 Å². The zero-order valence-electron chi connectivity index (χ0n) is 4.75. The molecular weight excluding hydrogens is 112 g/mol. The molecule has 0 bridgehead atoms. The van der Waals surface area contributed by atoms with Gasteiger partial charge in [0.25, 0.3) is 0 Å². The van der Waals surface area contributed by atoms with Crippen molar-refractivity contribution in [3.63, 3.8) is 0 Å². The Morgan fingerprint density at radius 3 is 2.38 bits per heavy atom. The molecule has 0 saturated carbocycles. The van der Waals surface area contributed by atoms with E-state index in [1.807, 2.05) is 0 Å². The first-order valence-corrected chi connectivity index (χ1v) is 2.15. The SMILES string of the molecule is CC(=O)OOC(C)O. The predicted octanol–water partition coefficient (Wildman–Crippen LogP) is -0.181. The van der Waals surface area contributed by atoms with Crippen LogP contribution in [0.25, 0.3) is 0 Å². The minimum Gasteiger partial charge on any atom is -0.365 e. The van der Waals surface area contributed by atoms with Crippen molar-refractivity contribution in [1.82, 2.24) is 0 Å². The van der Waals surface area contributed by atoms with E-state index in [1.54, 1.807) is 0 Å². The van der Waals surface area contributed by atoms with Crippen molar-refractivity contribution < 1.29 is 19.7 Å². The van der Waals surface area contributed by atoms with Crippen LogP contribution in [-0.4, -0.2) is 17.4 Å². The van der Waals surface area contributed by atoms with Gasteiger partial charge in [0.1, 0.15) is 0 Å². The molecule has 0 aliphatic rings. The van der Waals surface area contributed by atoms with Gasteiger partial charge >= 0.3 is 5.97 Å². The number of hydrogen-bond acceptors (Lipinski definition) is 4. The van der Waals surface area contributed by atoms with Crippen LogP contribution in [0, 0.1) is 0 Å². The zero-order chi connectivity index (χ0) is 6.57. The van der Waals surface area contributed by atoms with Crippen molar-refractivity contribution in [3.05, 3.63) is 0 Å². The molecule has 48 valence electrons. The quantitative estimate of drug-likeness (QED) is 0.312. The first-order valence-electron chi connectivity index (χ1n) is 2.15. The lowest BCUT2D eigenvalue weighted by Crippen LogP contribution is -2.09. The Morgan fingerprint density at radius 1 is 1.75 bits per heavy atom. The average Bonchev–Trinajstić information content (AvgIpc) is 1.61. The summed E-state index contributed by atoms with van der Waals surface area (Å²) in [6.45, 7) is 2.52. The lowest BCUT2D eigenvalue weighted by Gasteiger charge is -2.00. The lowest BCUT2D eigenvalue weighted by atomic mass is 10.8. The second kappa shape index (κ2) is 3.40. The van der Waals surface area contributed by atoms with Gasteiger partial charge < -0.3 is 5.11 Å². The highest BCUT2D eigenvalue weighted by atomic mass is 17.2. The van der Waals surface area contributed by atoms with Gasteiger partial charge in [-0.15, -0.1) is 0 Å². The monoisotopic (exact) mass is 120 g/mol. The van der Waals surface area contributed by atoms with Crippen LogP contribution in [0.2, 0.25) is 0 Å². The normalized spacial score (nSPS) is 12.9. The van der Waals surface area contributed by atoms with E-state index < -0.39 is 12.3 Å². The van der Waals surface area contributed by atoms with Gasteiger partial charge in [-0.05, 0) is 6.92 Å². The first kappa shape index (κ1) is 7.39. The van der Waals surface area contributed by atoms with Gasteiger partial charge in [-0.3, -0.25) is 4.89 Å². The smallest absolute Gasteiger partial charge is 0.339 e. The van der Waals surface area contributed by atoms with Crippen LogP contribution in [0.1, 0.15) is 13.8 Å². The largest absolute Gasteiger partial charge is 0.365 e. The first-order chi connectivity index (χ1) is 3.63. The van der Waals surface area contributed by atoms with Crippen molar-refractivity contribution in [2.24, 2.45) is 0 Å². The van der Waals surface area contributed by atoms with Crippen LogP contribution < -0.4 is 0 Å². The van der Waals surface area contributed by atoms with Crippen molar-refractivity contribution in [2.45, 2.75) is 20.1 Å². The van der Waals surface area contributed by atoms with E-state index in [-0.39, 0.29) is 0 Å². The van der Waals surface area contributed by atoms with Crippen LogP contribution in [0.15, 0.2) is 0 Å². The highest BCUT2D eigenvalue weighted by Gasteiger charge is 1.96. The fourth-order valence-electron chi connectivity index (χ4n) is 0.137. The van der Waals surface area contributed by atoms with Gasteiger partial charge in [0, 0.05) is 6.92 Å². The Kier molecular flexibility index (Phi) is 3.14. The van der Waals surface area contributed by atoms with Crippen LogP contribution in [0.3, 0.4) is 0 Å². The third kappa shape index (κ3) is 5.39. The summed E-state index contributed by atoms with van der Waals surface area (Å²) in [6, 6.07) is 0. The topological polar surface area (TPSA) is 55.8 Å². The molecule has 1 N–H and O–H groups in total. The van der Waals surface area contributed by atoms with E-state index in [4.69, 9.17) is 5.11 Å². The van der Waals surface area contributed by atoms with Crippen molar-refractivity contribution in [1.29, 1.82) is 0 Å². The maximum Gasteiger partial charge on any atom is 0.339 e. The predicted molar refractivity (Wildman–Crippen MR) is 24.5 cm³/mol. The molecule has 4 nitrogen and oxygen atoms in total. The molecule has 0 amide bonds. The lowest BCUT2D eigenvalue weighted by molar-refractivity contribution is -0.335. The Morgan fingerprint density at radius 2 is 2.25 bits per heavy atom. The molecule has 4 heteroatoms. The van der Waals surface area contributed by atoms with Crippen LogP contribution in [0.4, 0.5) is 0 Å². The molecule has 0 aliphatic carbocycles. The maximum absolute atomic E-state index is 9.89. The molecule has 0 fully saturated rings. The minimum absolute atomic E-state index is 0.578. The Balaban J connectivity index is 3.05. The molecule has 0 aromatic rings. The van der Waals surface area contributed by atoms with Crippen LogP contribution >= 0.6 is 0 Å². The molecular formula is C4H8O4. The van der Waals surface area contributed by atoms with Gasteiger partial charge in [0.15, 0.2) is 6.29 Å². The van der Waals surface area contributed by atoms with Crippen LogP contribution in [-0.2, 0) is 14.6 Å². The summed E-state index contributed by atoms with van der Waals surface area (Å²) in [7, 11) is 0. The summed E-state index contributed by atoms with van der Waals surface area (Å²) in [5, 5.41) is 8.30. The fraction of sp³-hybridized carbons (Fsp3) is 0.750. The Hall–Kier alpha value is -0.610. The highest BCUT2D eigenvalue weighted by molar-refractivity contribution is 5.65. The van der Waals surface area contributed by atoms with Crippen LogP contribution in [0.5, 0.6) is 0 Å². The van der Waals surface area contributed by atoms with Crippen molar-refractivity contribution in [3.8, 4) is 0 Å². The van der Waals surface area contributed by atoms with Gasteiger partial charge in [-0.25, -0.2) is 4.79 Å². The third-order valence-electron chi connectivity index (χ3n) is 0.305. The van der Waals surface area contributed by atoms with Crippen molar-refractivity contribution >= 4 is 5.97 Å². The van der Waals surface area contributed by atoms with E-state index in [1.165, 1.54) is 13.8 Å². The molecule has 0 rings (SSSR count). The number of hydrogen-bond donors (Lipinski definition) is 1. The summed E-state index contributed by atoms with van der Waals surface area (Å²) < 4.78 is 0. The standard InChI is InChI=1S/C4H8O4/c1-3(5)7-8-4(2)6/h3,5H,1-2H3. The molecule has 0 spiro atoms. The zero-order valence-corrected chi connectivity index (χ0v) is 4.75. The van der Waals surface area contributed by atoms with E-state index in [2.05, 4.69) is 9.78 Å². The summed E-state index contributed by atoms with van der Waals surface area (Å²) in [4.78, 5) is 17.8. The summed E-state index contributed by atoms with van der Waals surface area (Å²) in [5.74, 6) is -0.578. The number of carbonyl (C=O) groups excluding carboxylic acids is 1. The second-order valence-electron chi connectivity index (χ2n) is 1.27. The van der Waals surface area contributed by atoms with E-state index >= 15 is 0 Å². The molecule has 0 aromatic heterocycles. The number of carbonyl (C=O) groups is 1. The van der Waals surface area contributed by atoms with Gasteiger partial charge in [-0.1, -0.05) is 0 Å².